The third kappa shape index (κ3) is 5.86. The van der Waals surface area contributed by atoms with Crippen LogP contribution in [0.15, 0.2) is 53.4 Å². The lowest BCUT2D eigenvalue weighted by atomic mass is 10.2. The van der Waals surface area contributed by atoms with E-state index < -0.39 is 27.9 Å². The Morgan fingerprint density at radius 1 is 1.11 bits per heavy atom. The van der Waals surface area contributed by atoms with E-state index in [0.717, 1.165) is 9.21 Å². The minimum absolute atomic E-state index is 0.000672. The third-order valence-corrected chi connectivity index (χ3v) is 8.17. The zero-order chi connectivity index (χ0) is 26.6. The molecule has 2 heterocycles. The van der Waals surface area contributed by atoms with E-state index in [1.807, 2.05) is 11.0 Å². The number of hydrogen-bond donors (Lipinski definition) is 1. The molecule has 1 unspecified atom stereocenters. The van der Waals surface area contributed by atoms with Gasteiger partial charge in [-0.1, -0.05) is 0 Å². The molecule has 2 aliphatic rings. The Bertz CT molecular complexity index is 1310. The van der Waals surface area contributed by atoms with Crippen LogP contribution in [-0.4, -0.2) is 80.8 Å². The first kappa shape index (κ1) is 26.4. The number of sulfonamides is 1. The highest BCUT2D eigenvalue weighted by atomic mass is 32.2. The second kappa shape index (κ2) is 11.2. The Labute approximate surface area is 215 Å². The van der Waals surface area contributed by atoms with Crippen LogP contribution in [0.5, 0.6) is 0 Å². The van der Waals surface area contributed by atoms with Crippen molar-refractivity contribution in [3.05, 3.63) is 54.1 Å². The summed E-state index contributed by atoms with van der Waals surface area (Å²) in [6, 6.07) is 12.4. The average Bonchev–Trinajstić information content (AvgIpc) is 3.18. The summed E-state index contributed by atoms with van der Waals surface area (Å²) in [5, 5.41) is 11.6. The zero-order valence-electron chi connectivity index (χ0n) is 20.3. The molecule has 1 atom stereocenters. The van der Waals surface area contributed by atoms with Crippen LogP contribution in [0.1, 0.15) is 18.9 Å². The molecule has 4 rings (SSSR count). The number of nitriles is 1. The van der Waals surface area contributed by atoms with Gasteiger partial charge in [-0.3, -0.25) is 19.3 Å². The number of anilines is 2. The van der Waals surface area contributed by atoms with Crippen molar-refractivity contribution < 1.29 is 27.5 Å². The van der Waals surface area contributed by atoms with Gasteiger partial charge < -0.3 is 10.1 Å². The highest BCUT2D eigenvalue weighted by molar-refractivity contribution is 7.89. The van der Waals surface area contributed by atoms with Crippen LogP contribution in [0.4, 0.5) is 11.4 Å². The van der Waals surface area contributed by atoms with E-state index in [-0.39, 0.29) is 29.5 Å². The number of nitrogens with one attached hydrogen (secondary N) is 1. The number of nitrogens with zero attached hydrogens (tertiary/aromatic N) is 4. The number of ether oxygens (including phenoxy) is 1. The summed E-state index contributed by atoms with van der Waals surface area (Å²) < 4.78 is 34.0. The van der Waals surface area contributed by atoms with Crippen molar-refractivity contribution in [3.8, 4) is 6.07 Å². The van der Waals surface area contributed by atoms with Gasteiger partial charge in [-0.15, -0.1) is 0 Å². The molecule has 0 spiro atoms. The standard InChI is InChI=1S/C25H27N5O6S/c1-18(31)27-20-4-8-22(9-5-20)37(34,35)29(11-10-28-12-14-36-15-13-28)23-16-24(32)30(25(23)33)21-6-2-19(17-26)3-7-21/h2-9,23H,10-16H2,1H3,(H,27,31). The van der Waals surface area contributed by atoms with Crippen molar-refractivity contribution in [2.24, 2.45) is 0 Å². The second-order valence-electron chi connectivity index (χ2n) is 8.72. The molecule has 2 aromatic carbocycles. The normalized spacial score (nSPS) is 18.7. The number of imide groups is 1. The zero-order valence-corrected chi connectivity index (χ0v) is 21.1. The van der Waals surface area contributed by atoms with Crippen LogP contribution in [0.25, 0.3) is 0 Å². The van der Waals surface area contributed by atoms with Gasteiger partial charge in [-0.25, -0.2) is 13.3 Å². The van der Waals surface area contributed by atoms with E-state index in [1.54, 1.807) is 0 Å². The highest BCUT2D eigenvalue weighted by Crippen LogP contribution is 2.30. The van der Waals surface area contributed by atoms with Crippen LogP contribution in [0.3, 0.4) is 0 Å². The molecular weight excluding hydrogens is 498 g/mol. The molecule has 0 saturated carbocycles. The topological polar surface area (TPSA) is 140 Å². The number of amides is 3. The monoisotopic (exact) mass is 525 g/mol. The first-order valence-electron chi connectivity index (χ1n) is 11.8. The van der Waals surface area contributed by atoms with Crippen LogP contribution >= 0.6 is 0 Å². The molecular formula is C25H27N5O6S. The average molecular weight is 526 g/mol. The number of morpholine rings is 1. The van der Waals surface area contributed by atoms with E-state index in [9.17, 15) is 22.8 Å². The van der Waals surface area contributed by atoms with Crippen LogP contribution in [0.2, 0.25) is 0 Å². The molecule has 2 aliphatic heterocycles. The Morgan fingerprint density at radius 2 is 1.76 bits per heavy atom. The molecule has 2 fully saturated rings. The predicted octanol–water partition coefficient (Wildman–Crippen LogP) is 1.17. The van der Waals surface area contributed by atoms with E-state index in [2.05, 4.69) is 5.32 Å². The third-order valence-electron chi connectivity index (χ3n) is 6.25. The first-order chi connectivity index (χ1) is 17.7. The Hall–Kier alpha value is -3.63. The molecule has 3 amide bonds. The van der Waals surface area contributed by atoms with Gasteiger partial charge in [0.1, 0.15) is 6.04 Å². The van der Waals surface area contributed by atoms with Crippen molar-refractivity contribution in [3.63, 3.8) is 0 Å². The number of rotatable bonds is 8. The van der Waals surface area contributed by atoms with Crippen molar-refractivity contribution in [2.45, 2.75) is 24.3 Å². The molecule has 0 bridgehead atoms. The Morgan fingerprint density at radius 3 is 2.35 bits per heavy atom. The summed E-state index contributed by atoms with van der Waals surface area (Å²) in [5.41, 5.74) is 1.09. The lowest BCUT2D eigenvalue weighted by Gasteiger charge is -2.31. The lowest BCUT2D eigenvalue weighted by Crippen LogP contribution is -2.49. The minimum Gasteiger partial charge on any atom is -0.379 e. The van der Waals surface area contributed by atoms with Gasteiger partial charge >= 0.3 is 0 Å². The fourth-order valence-corrected chi connectivity index (χ4v) is 5.93. The molecule has 37 heavy (non-hydrogen) atoms. The summed E-state index contributed by atoms with van der Waals surface area (Å²) in [5.74, 6) is -1.46. The SMILES string of the molecule is CC(=O)Nc1ccc(S(=O)(=O)N(CCN2CCOCC2)C2CC(=O)N(c3ccc(C#N)cc3)C2=O)cc1. The van der Waals surface area contributed by atoms with Crippen molar-refractivity contribution >= 4 is 39.1 Å². The van der Waals surface area contributed by atoms with Crippen molar-refractivity contribution in [1.82, 2.24) is 9.21 Å². The van der Waals surface area contributed by atoms with Crippen LogP contribution < -0.4 is 10.2 Å². The van der Waals surface area contributed by atoms with E-state index in [1.165, 1.54) is 55.5 Å². The van der Waals surface area contributed by atoms with E-state index in [4.69, 9.17) is 10.00 Å². The number of carbonyl (C=O) groups is 3. The van der Waals surface area contributed by atoms with Gasteiger partial charge in [0.2, 0.25) is 21.8 Å². The molecule has 194 valence electrons. The smallest absolute Gasteiger partial charge is 0.252 e. The fraction of sp³-hybridized carbons (Fsp3) is 0.360. The van der Waals surface area contributed by atoms with Gasteiger partial charge in [0, 0.05) is 38.8 Å². The summed E-state index contributed by atoms with van der Waals surface area (Å²) >= 11 is 0. The maximum atomic E-state index is 13.8. The summed E-state index contributed by atoms with van der Waals surface area (Å²) in [6.45, 7) is 4.04. The van der Waals surface area contributed by atoms with Gasteiger partial charge in [-0.05, 0) is 48.5 Å². The fourth-order valence-electron chi connectivity index (χ4n) is 4.35. The quantitative estimate of drug-likeness (QED) is 0.507. The van der Waals surface area contributed by atoms with Crippen LogP contribution in [0, 0.1) is 11.3 Å². The summed E-state index contributed by atoms with van der Waals surface area (Å²) in [4.78, 5) is 40.7. The molecule has 2 saturated heterocycles. The molecule has 0 aliphatic carbocycles. The molecule has 1 N–H and O–H groups in total. The van der Waals surface area contributed by atoms with Crippen molar-refractivity contribution in [2.75, 3.05) is 49.6 Å². The maximum absolute atomic E-state index is 13.8. The molecule has 12 heteroatoms. The maximum Gasteiger partial charge on any atom is 0.252 e. The minimum atomic E-state index is -4.18. The van der Waals surface area contributed by atoms with Gasteiger partial charge in [0.25, 0.3) is 5.91 Å². The second-order valence-corrected chi connectivity index (χ2v) is 10.6. The number of carbonyl (C=O) groups excluding carboxylic acids is 3. The Kier molecular flexibility index (Phi) is 7.99. The lowest BCUT2D eigenvalue weighted by molar-refractivity contribution is -0.122. The number of hydrogen-bond acceptors (Lipinski definition) is 8. The molecule has 11 nitrogen and oxygen atoms in total. The summed E-state index contributed by atoms with van der Waals surface area (Å²) in [6.07, 6.45) is -0.300. The molecule has 2 aromatic rings. The van der Waals surface area contributed by atoms with Crippen LogP contribution in [-0.2, 0) is 29.1 Å². The predicted molar refractivity (Wildman–Crippen MR) is 134 cm³/mol. The molecule has 0 aromatic heterocycles. The van der Waals surface area contributed by atoms with Gasteiger partial charge in [0.15, 0.2) is 0 Å². The molecule has 0 radical (unpaired) electrons. The first-order valence-corrected chi connectivity index (χ1v) is 13.2. The van der Waals surface area contributed by atoms with E-state index in [0.29, 0.717) is 44.1 Å². The highest BCUT2D eigenvalue weighted by Gasteiger charge is 2.47. The summed E-state index contributed by atoms with van der Waals surface area (Å²) in [7, 11) is -4.18. The van der Waals surface area contributed by atoms with Gasteiger partial charge in [0.05, 0.1) is 41.9 Å². The largest absolute Gasteiger partial charge is 0.379 e. The van der Waals surface area contributed by atoms with Crippen molar-refractivity contribution in [1.29, 1.82) is 5.26 Å². The number of benzene rings is 2. The Balaban J connectivity index is 1.63. The van der Waals surface area contributed by atoms with Gasteiger partial charge in [-0.2, -0.15) is 9.57 Å². The van der Waals surface area contributed by atoms with E-state index >= 15 is 0 Å².